The molecule has 0 unspecified atom stereocenters. The van der Waals surface area contributed by atoms with Crippen LogP contribution in [-0.2, 0) is 36.8 Å². The third-order valence-electron chi connectivity index (χ3n) is 5.20. The number of amides is 2. The van der Waals surface area contributed by atoms with Gasteiger partial charge in [0, 0.05) is 12.8 Å². The summed E-state index contributed by atoms with van der Waals surface area (Å²) in [7, 11) is 1.40. The van der Waals surface area contributed by atoms with E-state index >= 15 is 0 Å². The summed E-state index contributed by atoms with van der Waals surface area (Å²) < 4.78 is 16.0. The molecule has 0 aromatic heterocycles. The minimum Gasteiger partial charge on any atom is -0.469 e. The molecule has 0 spiro atoms. The van der Waals surface area contributed by atoms with Crippen LogP contribution in [0.1, 0.15) is 76.5 Å². The van der Waals surface area contributed by atoms with Crippen LogP contribution in [0.3, 0.4) is 0 Å². The predicted molar refractivity (Wildman–Crippen MR) is 127 cm³/mol. The Morgan fingerprint density at radius 2 is 1.82 bits per heavy atom. The van der Waals surface area contributed by atoms with Crippen molar-refractivity contribution in [3.8, 4) is 0 Å². The second-order valence-corrected chi connectivity index (χ2v) is 9.32. The topological polar surface area (TPSA) is 117 Å². The van der Waals surface area contributed by atoms with Gasteiger partial charge in [0.1, 0.15) is 5.60 Å². The summed E-state index contributed by atoms with van der Waals surface area (Å²) in [6, 6.07) is 5.78. The van der Waals surface area contributed by atoms with Crippen LogP contribution >= 0.6 is 0 Å². The number of benzene rings is 1. The number of carbonyl (C=O) groups excluding carboxylic acids is 3. The van der Waals surface area contributed by atoms with E-state index in [0.717, 1.165) is 24.8 Å². The number of carbonyl (C=O) groups is 3. The molecular formula is C25H40N2O6. The Kier molecular flexibility index (Phi) is 11.9. The number of primary amides is 1. The van der Waals surface area contributed by atoms with Crippen molar-refractivity contribution in [2.24, 2.45) is 5.73 Å². The van der Waals surface area contributed by atoms with E-state index in [1.165, 1.54) is 18.2 Å². The molecule has 0 aliphatic rings. The second kappa shape index (κ2) is 13.8. The average molecular weight is 465 g/mol. The van der Waals surface area contributed by atoms with Crippen LogP contribution in [0.5, 0.6) is 0 Å². The first-order valence-corrected chi connectivity index (χ1v) is 11.5. The number of aryl methyl sites for hydroxylation is 2. The van der Waals surface area contributed by atoms with Gasteiger partial charge in [-0.3, -0.25) is 9.59 Å². The van der Waals surface area contributed by atoms with Gasteiger partial charge in [-0.25, -0.2) is 4.79 Å². The van der Waals surface area contributed by atoms with E-state index < -0.39 is 23.6 Å². The number of methoxy groups -OCH3 is 1. The third-order valence-corrected chi connectivity index (χ3v) is 5.20. The quantitative estimate of drug-likeness (QED) is 0.337. The fourth-order valence-corrected chi connectivity index (χ4v) is 3.34. The number of nitrogens with two attached hydrogens (primary N) is 1. The van der Waals surface area contributed by atoms with Gasteiger partial charge in [0.2, 0.25) is 5.91 Å². The zero-order valence-corrected chi connectivity index (χ0v) is 20.9. The molecule has 2 amide bonds. The van der Waals surface area contributed by atoms with Gasteiger partial charge < -0.3 is 25.3 Å². The number of nitrogens with one attached hydrogen (secondary N) is 1. The Morgan fingerprint density at radius 3 is 2.39 bits per heavy atom. The lowest BCUT2D eigenvalue weighted by Crippen LogP contribution is -2.45. The lowest BCUT2D eigenvalue weighted by Gasteiger charge is -2.27. The van der Waals surface area contributed by atoms with Crippen LogP contribution in [0.4, 0.5) is 4.79 Å². The molecule has 3 N–H and O–H groups in total. The molecule has 0 aliphatic heterocycles. The second-order valence-electron chi connectivity index (χ2n) is 9.32. The van der Waals surface area contributed by atoms with E-state index in [-0.39, 0.29) is 18.5 Å². The number of esters is 1. The normalized spacial score (nSPS) is 13.2. The Labute approximate surface area is 197 Å². The molecule has 0 fully saturated rings. The number of unbranched alkanes of at least 4 members (excludes halogenated alkanes) is 1. The maximum Gasteiger partial charge on any atom is 0.407 e. The van der Waals surface area contributed by atoms with Crippen molar-refractivity contribution >= 4 is 18.0 Å². The SMILES string of the molecule is COC(=O)CCCCc1ccc(CO[C@H](C)[C@H](CCC(N)=O)NC(=O)OC(C)(C)C)cc1C. The largest absolute Gasteiger partial charge is 0.469 e. The van der Waals surface area contributed by atoms with E-state index in [2.05, 4.69) is 29.1 Å². The summed E-state index contributed by atoms with van der Waals surface area (Å²) in [5, 5.41) is 2.80. The summed E-state index contributed by atoms with van der Waals surface area (Å²) in [5.74, 6) is -0.611. The summed E-state index contributed by atoms with van der Waals surface area (Å²) in [5.41, 5.74) is 8.09. The van der Waals surface area contributed by atoms with Gasteiger partial charge in [0.25, 0.3) is 0 Å². The third kappa shape index (κ3) is 12.3. The fourth-order valence-electron chi connectivity index (χ4n) is 3.34. The summed E-state index contributed by atoms with van der Waals surface area (Å²) in [6.07, 6.45) is 2.64. The van der Waals surface area contributed by atoms with Gasteiger partial charge in [-0.1, -0.05) is 18.2 Å². The molecule has 186 valence electrons. The molecule has 0 radical (unpaired) electrons. The Balaban J connectivity index is 2.64. The van der Waals surface area contributed by atoms with Gasteiger partial charge >= 0.3 is 12.1 Å². The van der Waals surface area contributed by atoms with Crippen LogP contribution in [0.2, 0.25) is 0 Å². The molecule has 8 heteroatoms. The van der Waals surface area contributed by atoms with Gasteiger partial charge in [-0.15, -0.1) is 0 Å². The summed E-state index contributed by atoms with van der Waals surface area (Å²) in [4.78, 5) is 34.7. The number of ether oxygens (including phenoxy) is 3. The Bertz CT molecular complexity index is 788. The molecule has 1 aromatic carbocycles. The van der Waals surface area contributed by atoms with Crippen LogP contribution < -0.4 is 11.1 Å². The van der Waals surface area contributed by atoms with Crippen LogP contribution in [-0.4, -0.2) is 42.8 Å². The van der Waals surface area contributed by atoms with E-state index in [1.54, 1.807) is 20.8 Å². The molecule has 0 saturated heterocycles. The molecule has 1 aromatic rings. The molecule has 33 heavy (non-hydrogen) atoms. The standard InChI is InChI=1S/C25H40N2O6/c1-17-15-19(11-12-20(17)9-7-8-10-23(29)31-6)16-32-18(2)21(13-14-22(26)28)27-24(30)33-25(3,4)5/h11-12,15,18,21H,7-10,13-14,16H2,1-6H3,(H2,26,28)(H,27,30)/t18-,21+/m1/s1. The lowest BCUT2D eigenvalue weighted by molar-refractivity contribution is -0.140. The summed E-state index contributed by atoms with van der Waals surface area (Å²) >= 11 is 0. The van der Waals surface area contributed by atoms with Crippen LogP contribution in [0.15, 0.2) is 18.2 Å². The molecule has 1 rings (SSSR count). The maximum absolute atomic E-state index is 12.2. The van der Waals surface area contributed by atoms with Crippen molar-refractivity contribution < 1.29 is 28.6 Å². The fraction of sp³-hybridized carbons (Fsp3) is 0.640. The minimum absolute atomic E-state index is 0.137. The average Bonchev–Trinajstić information content (AvgIpc) is 2.71. The first-order valence-electron chi connectivity index (χ1n) is 11.5. The van der Waals surface area contributed by atoms with Crippen molar-refractivity contribution in [3.05, 3.63) is 34.9 Å². The van der Waals surface area contributed by atoms with E-state index in [4.69, 9.17) is 15.2 Å². The van der Waals surface area contributed by atoms with Crippen molar-refractivity contribution in [3.63, 3.8) is 0 Å². The van der Waals surface area contributed by atoms with Crippen LogP contribution in [0.25, 0.3) is 0 Å². The lowest BCUT2D eigenvalue weighted by atomic mass is 10.00. The summed E-state index contributed by atoms with van der Waals surface area (Å²) in [6.45, 7) is 9.64. The molecule has 0 heterocycles. The number of hydrogen-bond acceptors (Lipinski definition) is 6. The maximum atomic E-state index is 12.2. The van der Waals surface area contributed by atoms with Gasteiger partial charge in [-0.2, -0.15) is 0 Å². The van der Waals surface area contributed by atoms with E-state index in [1.807, 2.05) is 13.0 Å². The number of hydrogen-bond donors (Lipinski definition) is 2. The highest BCUT2D eigenvalue weighted by atomic mass is 16.6. The minimum atomic E-state index is -0.624. The Morgan fingerprint density at radius 1 is 1.12 bits per heavy atom. The number of alkyl carbamates (subject to hydrolysis) is 1. The zero-order chi connectivity index (χ0) is 25.0. The van der Waals surface area contributed by atoms with Gasteiger partial charge in [0.05, 0.1) is 25.9 Å². The highest BCUT2D eigenvalue weighted by molar-refractivity contribution is 5.74. The van der Waals surface area contributed by atoms with Gasteiger partial charge in [-0.05, 0) is 77.0 Å². The van der Waals surface area contributed by atoms with Crippen molar-refractivity contribution in [1.82, 2.24) is 5.32 Å². The molecular weight excluding hydrogens is 424 g/mol. The molecule has 0 saturated carbocycles. The van der Waals surface area contributed by atoms with Gasteiger partial charge in [0.15, 0.2) is 0 Å². The van der Waals surface area contributed by atoms with Crippen molar-refractivity contribution in [2.75, 3.05) is 7.11 Å². The monoisotopic (exact) mass is 464 g/mol. The smallest absolute Gasteiger partial charge is 0.407 e. The van der Waals surface area contributed by atoms with Crippen molar-refractivity contribution in [1.29, 1.82) is 0 Å². The van der Waals surface area contributed by atoms with Crippen LogP contribution in [0, 0.1) is 6.92 Å². The molecule has 8 nitrogen and oxygen atoms in total. The number of rotatable bonds is 13. The zero-order valence-electron chi connectivity index (χ0n) is 20.9. The molecule has 2 atom stereocenters. The highest BCUT2D eigenvalue weighted by Crippen LogP contribution is 2.17. The van der Waals surface area contributed by atoms with Crippen molar-refractivity contribution in [2.45, 2.75) is 97.5 Å². The predicted octanol–water partition coefficient (Wildman–Crippen LogP) is 3.94. The highest BCUT2D eigenvalue weighted by Gasteiger charge is 2.24. The van der Waals surface area contributed by atoms with E-state index in [0.29, 0.717) is 19.4 Å². The Hall–Kier alpha value is -2.61. The van der Waals surface area contributed by atoms with E-state index in [9.17, 15) is 14.4 Å². The first-order chi connectivity index (χ1) is 15.4. The molecule has 0 aliphatic carbocycles. The first kappa shape index (κ1) is 28.4. The molecule has 0 bridgehead atoms.